The van der Waals surface area contributed by atoms with Crippen LogP contribution in [0.1, 0.15) is 46.5 Å². The third-order valence-electron chi connectivity index (χ3n) is 4.62. The van der Waals surface area contributed by atoms with Gasteiger partial charge in [-0.15, -0.1) is 0 Å². The first-order valence-corrected chi connectivity index (χ1v) is 9.44. The van der Waals surface area contributed by atoms with Crippen molar-refractivity contribution in [3.63, 3.8) is 0 Å². The van der Waals surface area contributed by atoms with Gasteiger partial charge < -0.3 is 10.2 Å². The van der Waals surface area contributed by atoms with Gasteiger partial charge in [0.1, 0.15) is 12.1 Å². The summed E-state index contributed by atoms with van der Waals surface area (Å²) in [6, 6.07) is -0.527. The van der Waals surface area contributed by atoms with Crippen molar-refractivity contribution in [2.75, 3.05) is 18.1 Å². The molecule has 2 rings (SSSR count). The van der Waals surface area contributed by atoms with Gasteiger partial charge in [0.2, 0.25) is 11.8 Å². The van der Waals surface area contributed by atoms with Gasteiger partial charge in [0.25, 0.3) is 0 Å². The highest BCUT2D eigenvalue weighted by molar-refractivity contribution is 7.99. The lowest BCUT2D eigenvalue weighted by Gasteiger charge is -2.41. The number of piperazine rings is 1. The lowest BCUT2D eigenvalue weighted by atomic mass is 9.93. The Kier molecular flexibility index (Phi) is 5.97. The normalized spacial score (nSPS) is 27.7. The maximum absolute atomic E-state index is 12.8. The van der Waals surface area contributed by atoms with Gasteiger partial charge in [-0.1, -0.05) is 27.2 Å². The van der Waals surface area contributed by atoms with Crippen molar-refractivity contribution in [3.8, 4) is 0 Å². The summed E-state index contributed by atoms with van der Waals surface area (Å²) in [7, 11) is 0. The molecule has 3 atom stereocenters. The van der Waals surface area contributed by atoms with Gasteiger partial charge in [0, 0.05) is 6.54 Å². The molecule has 1 N–H and O–H groups in total. The molecule has 0 bridgehead atoms. The fraction of sp³-hybridized carbons (Fsp3) is 0.875. The monoisotopic (exact) mass is 312 g/mol. The second kappa shape index (κ2) is 7.52. The number of rotatable bonds is 8. The van der Waals surface area contributed by atoms with Crippen molar-refractivity contribution in [1.29, 1.82) is 0 Å². The molecule has 21 heavy (non-hydrogen) atoms. The molecule has 1 saturated carbocycles. The van der Waals surface area contributed by atoms with Crippen LogP contribution in [-0.4, -0.2) is 46.8 Å². The van der Waals surface area contributed by atoms with Crippen LogP contribution in [0.2, 0.25) is 0 Å². The second-order valence-electron chi connectivity index (χ2n) is 6.24. The van der Waals surface area contributed by atoms with Crippen molar-refractivity contribution in [1.82, 2.24) is 10.2 Å². The smallest absolute Gasteiger partial charge is 0.246 e. The highest BCUT2D eigenvalue weighted by atomic mass is 32.2. The van der Waals surface area contributed by atoms with Crippen molar-refractivity contribution in [3.05, 3.63) is 0 Å². The van der Waals surface area contributed by atoms with Gasteiger partial charge in [0.05, 0.1) is 0 Å². The standard InChI is InChI=1S/C16H28N2O2S/c1-4-11(3)13-16(20)18(9-6-10-21-5-2)14(12-7-8-12)15(19)17-13/h11-14H,4-10H2,1-3H3,(H,17,19). The van der Waals surface area contributed by atoms with Crippen LogP contribution in [0, 0.1) is 11.8 Å². The van der Waals surface area contributed by atoms with Gasteiger partial charge in [-0.2, -0.15) is 11.8 Å². The van der Waals surface area contributed by atoms with Gasteiger partial charge in [-0.3, -0.25) is 9.59 Å². The molecule has 4 nitrogen and oxygen atoms in total. The molecule has 0 aromatic heterocycles. The van der Waals surface area contributed by atoms with Crippen molar-refractivity contribution < 1.29 is 9.59 Å². The number of amides is 2. The number of nitrogens with zero attached hydrogens (tertiary/aromatic N) is 1. The number of carbonyl (C=O) groups excluding carboxylic acids is 2. The van der Waals surface area contributed by atoms with Crippen molar-refractivity contribution in [2.24, 2.45) is 11.8 Å². The Morgan fingerprint density at radius 3 is 2.62 bits per heavy atom. The molecular weight excluding hydrogens is 284 g/mol. The first-order valence-electron chi connectivity index (χ1n) is 8.28. The number of carbonyl (C=O) groups is 2. The quantitative estimate of drug-likeness (QED) is 0.700. The van der Waals surface area contributed by atoms with Gasteiger partial charge >= 0.3 is 0 Å². The van der Waals surface area contributed by atoms with Crippen LogP contribution in [0.5, 0.6) is 0 Å². The summed E-state index contributed by atoms with van der Waals surface area (Å²) in [6.45, 7) is 6.99. The minimum atomic E-state index is -0.323. The van der Waals surface area contributed by atoms with Crippen molar-refractivity contribution in [2.45, 2.75) is 58.5 Å². The van der Waals surface area contributed by atoms with E-state index in [-0.39, 0.29) is 29.8 Å². The third kappa shape index (κ3) is 3.93. The molecule has 1 aliphatic carbocycles. The zero-order valence-corrected chi connectivity index (χ0v) is 14.2. The molecule has 5 heteroatoms. The second-order valence-corrected chi connectivity index (χ2v) is 7.63. The number of hydrogen-bond donors (Lipinski definition) is 1. The van der Waals surface area contributed by atoms with E-state index in [4.69, 9.17) is 0 Å². The molecule has 1 aliphatic heterocycles. The van der Waals surface area contributed by atoms with E-state index in [0.29, 0.717) is 5.92 Å². The van der Waals surface area contributed by atoms with Crippen LogP contribution in [-0.2, 0) is 9.59 Å². The molecule has 0 spiro atoms. The van der Waals surface area contributed by atoms with Gasteiger partial charge in [-0.05, 0) is 42.6 Å². The Bertz CT molecular complexity index is 384. The van der Waals surface area contributed by atoms with Crippen LogP contribution in [0.15, 0.2) is 0 Å². The topological polar surface area (TPSA) is 49.4 Å². The van der Waals surface area contributed by atoms with E-state index in [0.717, 1.165) is 43.7 Å². The highest BCUT2D eigenvalue weighted by Gasteiger charge is 2.48. The number of nitrogens with one attached hydrogen (secondary N) is 1. The summed E-state index contributed by atoms with van der Waals surface area (Å²) in [5, 5.41) is 2.98. The molecule has 2 fully saturated rings. The first-order chi connectivity index (χ1) is 10.1. The molecule has 3 unspecified atom stereocenters. The molecule has 120 valence electrons. The van der Waals surface area contributed by atoms with Gasteiger partial charge in [-0.25, -0.2) is 0 Å². The summed E-state index contributed by atoms with van der Waals surface area (Å²) in [4.78, 5) is 27.1. The number of thioether (sulfide) groups is 1. The molecule has 0 aromatic carbocycles. The Hall–Kier alpha value is -0.710. The summed E-state index contributed by atoms with van der Waals surface area (Å²) >= 11 is 1.90. The number of hydrogen-bond acceptors (Lipinski definition) is 3. The Labute approximate surface area is 132 Å². The minimum Gasteiger partial charge on any atom is -0.342 e. The summed E-state index contributed by atoms with van der Waals surface area (Å²) < 4.78 is 0. The molecular formula is C16H28N2O2S. The minimum absolute atomic E-state index is 0.0746. The largest absolute Gasteiger partial charge is 0.342 e. The first kappa shape index (κ1) is 16.7. The van der Waals surface area contributed by atoms with E-state index >= 15 is 0 Å². The lowest BCUT2D eigenvalue weighted by Crippen LogP contribution is -2.65. The van der Waals surface area contributed by atoms with E-state index in [1.54, 1.807) is 0 Å². The lowest BCUT2D eigenvalue weighted by molar-refractivity contribution is -0.151. The van der Waals surface area contributed by atoms with Crippen LogP contribution in [0.4, 0.5) is 0 Å². The summed E-state index contributed by atoms with van der Waals surface area (Å²) in [5.74, 6) is 2.98. The Balaban J connectivity index is 2.05. The summed E-state index contributed by atoms with van der Waals surface area (Å²) in [6.07, 6.45) is 4.05. The average Bonchev–Trinajstić information content (AvgIpc) is 3.30. The van der Waals surface area contributed by atoms with E-state index in [9.17, 15) is 9.59 Å². The third-order valence-corrected chi connectivity index (χ3v) is 5.61. The zero-order chi connectivity index (χ0) is 15.4. The van der Waals surface area contributed by atoms with Crippen molar-refractivity contribution >= 4 is 23.6 Å². The predicted molar refractivity (Wildman–Crippen MR) is 87.2 cm³/mol. The van der Waals surface area contributed by atoms with Crippen LogP contribution in [0.3, 0.4) is 0 Å². The van der Waals surface area contributed by atoms with Crippen LogP contribution >= 0.6 is 11.8 Å². The maximum Gasteiger partial charge on any atom is 0.246 e. The highest BCUT2D eigenvalue weighted by Crippen LogP contribution is 2.37. The SMILES string of the molecule is CCSCCCN1C(=O)C(C(C)CC)NC(=O)C1C1CC1. The predicted octanol–water partition coefficient (Wildman–Crippen LogP) is 2.28. The Morgan fingerprint density at radius 2 is 2.05 bits per heavy atom. The Morgan fingerprint density at radius 1 is 1.33 bits per heavy atom. The van der Waals surface area contributed by atoms with E-state index in [1.165, 1.54) is 0 Å². The molecule has 0 aromatic rings. The molecule has 1 heterocycles. The average molecular weight is 312 g/mol. The van der Waals surface area contributed by atoms with Gasteiger partial charge in [0.15, 0.2) is 0 Å². The molecule has 2 amide bonds. The van der Waals surface area contributed by atoms with E-state index < -0.39 is 0 Å². The molecule has 2 aliphatic rings. The van der Waals surface area contributed by atoms with Crippen LogP contribution < -0.4 is 5.32 Å². The maximum atomic E-state index is 12.8. The fourth-order valence-electron chi connectivity index (χ4n) is 2.99. The molecule has 0 radical (unpaired) electrons. The zero-order valence-electron chi connectivity index (χ0n) is 13.4. The fourth-order valence-corrected chi connectivity index (χ4v) is 3.61. The van der Waals surface area contributed by atoms with Crippen LogP contribution in [0.25, 0.3) is 0 Å². The van der Waals surface area contributed by atoms with E-state index in [1.807, 2.05) is 23.6 Å². The van der Waals surface area contributed by atoms with E-state index in [2.05, 4.69) is 19.2 Å². The molecule has 1 saturated heterocycles. The summed E-state index contributed by atoms with van der Waals surface area (Å²) in [5.41, 5.74) is 0.